The molecular formula is C15H16F3N5O3S2. The Kier molecular flexibility index (Phi) is 5.50. The Morgan fingerprint density at radius 1 is 1.36 bits per heavy atom. The Bertz CT molecular complexity index is 1070. The maximum absolute atomic E-state index is 12.7. The molecule has 0 bridgehead atoms. The smallest absolute Gasteiger partial charge is 0.432 e. The lowest BCUT2D eigenvalue weighted by atomic mass is 10.2. The number of nitrogens with zero attached hydrogens (tertiary/aromatic N) is 2. The molecule has 3 heterocycles. The second-order valence-corrected chi connectivity index (χ2v) is 8.50. The number of alkyl halides is 3. The van der Waals surface area contributed by atoms with Gasteiger partial charge in [0.15, 0.2) is 10.9 Å². The van der Waals surface area contributed by atoms with E-state index in [1.807, 2.05) is 5.10 Å². The van der Waals surface area contributed by atoms with Gasteiger partial charge in [0.25, 0.3) is 0 Å². The molecule has 3 aromatic rings. The minimum atomic E-state index is -4.59. The maximum atomic E-state index is 12.7. The Morgan fingerprint density at radius 2 is 2.11 bits per heavy atom. The molecule has 0 saturated carbocycles. The van der Waals surface area contributed by atoms with Gasteiger partial charge in [-0.2, -0.15) is 18.3 Å². The molecule has 0 aliphatic carbocycles. The number of anilines is 1. The van der Waals surface area contributed by atoms with Crippen molar-refractivity contribution in [3.63, 3.8) is 0 Å². The number of aromatic amines is 1. The van der Waals surface area contributed by atoms with Gasteiger partial charge in [-0.3, -0.25) is 5.10 Å². The maximum Gasteiger partial charge on any atom is 0.432 e. The van der Waals surface area contributed by atoms with Crippen molar-refractivity contribution in [1.82, 2.24) is 19.9 Å². The predicted molar refractivity (Wildman–Crippen MR) is 96.1 cm³/mol. The van der Waals surface area contributed by atoms with E-state index in [1.54, 1.807) is 5.38 Å². The summed E-state index contributed by atoms with van der Waals surface area (Å²) in [4.78, 5) is 3.93. The van der Waals surface area contributed by atoms with Crippen molar-refractivity contribution in [1.29, 1.82) is 0 Å². The fraction of sp³-hybridized carbons (Fsp3) is 0.333. The highest BCUT2D eigenvalue weighted by Gasteiger charge is 2.34. The number of hydrogen-bond donors (Lipinski definition) is 3. The van der Waals surface area contributed by atoms with E-state index in [0.717, 1.165) is 17.8 Å². The van der Waals surface area contributed by atoms with E-state index in [-0.39, 0.29) is 28.7 Å². The molecule has 0 aliphatic rings. The molecule has 0 radical (unpaired) electrons. The third-order valence-corrected chi connectivity index (χ3v) is 6.06. The molecule has 0 atom stereocenters. The molecule has 0 unspecified atom stereocenters. The summed E-state index contributed by atoms with van der Waals surface area (Å²) in [5.74, 6) is -0.0334. The summed E-state index contributed by atoms with van der Waals surface area (Å²) in [7, 11) is -3.90. The largest absolute Gasteiger partial charge is 0.458 e. The molecule has 13 heteroatoms. The van der Waals surface area contributed by atoms with Gasteiger partial charge < -0.3 is 10.2 Å². The summed E-state index contributed by atoms with van der Waals surface area (Å²) in [5.41, 5.74) is 5.12. The van der Waals surface area contributed by atoms with Crippen LogP contribution in [0.25, 0.3) is 11.5 Å². The van der Waals surface area contributed by atoms with E-state index in [9.17, 15) is 21.6 Å². The predicted octanol–water partition coefficient (Wildman–Crippen LogP) is 2.95. The highest BCUT2D eigenvalue weighted by Crippen LogP contribution is 2.32. The number of sulfonamides is 1. The van der Waals surface area contributed by atoms with Crippen molar-refractivity contribution >= 4 is 26.5 Å². The number of rotatable bonds is 7. The monoisotopic (exact) mass is 435 g/mol. The van der Waals surface area contributed by atoms with Crippen LogP contribution in [0.15, 0.2) is 26.8 Å². The van der Waals surface area contributed by atoms with Gasteiger partial charge in [-0.25, -0.2) is 18.1 Å². The van der Waals surface area contributed by atoms with Gasteiger partial charge in [0, 0.05) is 18.0 Å². The van der Waals surface area contributed by atoms with Crippen LogP contribution < -0.4 is 10.5 Å². The van der Waals surface area contributed by atoms with E-state index >= 15 is 0 Å². The van der Waals surface area contributed by atoms with Crippen molar-refractivity contribution < 1.29 is 26.0 Å². The minimum absolute atomic E-state index is 0.0475. The normalized spacial score (nSPS) is 12.6. The molecule has 3 aromatic heterocycles. The Labute approximate surface area is 162 Å². The van der Waals surface area contributed by atoms with Crippen molar-refractivity contribution in [3.05, 3.63) is 34.7 Å². The van der Waals surface area contributed by atoms with Gasteiger partial charge in [-0.05, 0) is 25.8 Å². The zero-order chi connectivity index (χ0) is 20.5. The Balaban J connectivity index is 1.68. The first kappa shape index (κ1) is 20.4. The van der Waals surface area contributed by atoms with Crippen molar-refractivity contribution in [2.45, 2.75) is 30.8 Å². The van der Waals surface area contributed by atoms with Crippen LogP contribution in [0.3, 0.4) is 0 Å². The van der Waals surface area contributed by atoms with Crippen molar-refractivity contribution in [2.75, 3.05) is 12.3 Å². The first-order chi connectivity index (χ1) is 13.1. The van der Waals surface area contributed by atoms with Crippen LogP contribution in [0.2, 0.25) is 0 Å². The second-order valence-electron chi connectivity index (χ2n) is 5.87. The number of halogens is 3. The topological polar surface area (TPSA) is 127 Å². The molecule has 0 fully saturated rings. The minimum Gasteiger partial charge on any atom is -0.458 e. The van der Waals surface area contributed by atoms with Crippen molar-refractivity contribution in [3.8, 4) is 11.5 Å². The fourth-order valence-electron chi connectivity index (χ4n) is 2.44. The molecule has 8 nitrogen and oxygen atoms in total. The molecule has 28 heavy (non-hydrogen) atoms. The zero-order valence-electron chi connectivity index (χ0n) is 14.5. The van der Waals surface area contributed by atoms with Crippen LogP contribution in [0, 0.1) is 6.92 Å². The van der Waals surface area contributed by atoms with Crippen LogP contribution in [-0.4, -0.2) is 30.1 Å². The molecule has 152 valence electrons. The van der Waals surface area contributed by atoms with E-state index < -0.39 is 21.9 Å². The number of hydrogen-bond acceptors (Lipinski definition) is 7. The molecule has 0 spiro atoms. The average molecular weight is 435 g/mol. The summed E-state index contributed by atoms with van der Waals surface area (Å²) in [5, 5.41) is 7.64. The number of nitrogens with two attached hydrogens (primary N) is 1. The summed E-state index contributed by atoms with van der Waals surface area (Å²) in [6, 6.07) is 1.90. The third kappa shape index (κ3) is 4.54. The Morgan fingerprint density at radius 3 is 2.71 bits per heavy atom. The molecule has 0 aliphatic heterocycles. The molecular weight excluding hydrogens is 419 g/mol. The standard InChI is InChI=1S/C15H16F3N5O3S2/c1-8-12(6-11(26-8)10-5-13(23-22-10)15(16,17)18)28(24,25)20-4-2-3-9-7-27-14(19)21-9/h5-7,20H,2-4H2,1H3,(H2,19,21)(H,22,23). The molecule has 4 N–H and O–H groups in total. The molecule has 0 amide bonds. The van der Waals surface area contributed by atoms with Crippen LogP contribution in [0.1, 0.15) is 23.6 Å². The van der Waals surface area contributed by atoms with E-state index in [0.29, 0.717) is 18.0 Å². The van der Waals surface area contributed by atoms with Gasteiger partial charge in [0.05, 0.1) is 5.69 Å². The average Bonchev–Trinajstić information content (AvgIpc) is 3.30. The first-order valence-corrected chi connectivity index (χ1v) is 10.4. The van der Waals surface area contributed by atoms with E-state index in [4.69, 9.17) is 10.2 Å². The van der Waals surface area contributed by atoms with Crippen LogP contribution in [0.4, 0.5) is 18.3 Å². The van der Waals surface area contributed by atoms with Crippen LogP contribution in [0.5, 0.6) is 0 Å². The summed E-state index contributed by atoms with van der Waals surface area (Å²) < 4.78 is 70.7. The van der Waals surface area contributed by atoms with Crippen LogP contribution in [-0.2, 0) is 22.6 Å². The van der Waals surface area contributed by atoms with Gasteiger partial charge in [0.2, 0.25) is 10.0 Å². The summed E-state index contributed by atoms with van der Waals surface area (Å²) >= 11 is 1.31. The lowest BCUT2D eigenvalue weighted by molar-refractivity contribution is -0.141. The Hall–Kier alpha value is -2.38. The van der Waals surface area contributed by atoms with Gasteiger partial charge >= 0.3 is 6.18 Å². The van der Waals surface area contributed by atoms with E-state index in [2.05, 4.69) is 14.8 Å². The van der Waals surface area contributed by atoms with Gasteiger partial charge in [0.1, 0.15) is 22.0 Å². The van der Waals surface area contributed by atoms with E-state index in [1.165, 1.54) is 18.3 Å². The molecule has 0 saturated heterocycles. The van der Waals surface area contributed by atoms with Gasteiger partial charge in [-0.1, -0.05) is 0 Å². The van der Waals surface area contributed by atoms with Gasteiger partial charge in [-0.15, -0.1) is 11.3 Å². The number of aromatic nitrogens is 3. The fourth-order valence-corrected chi connectivity index (χ4v) is 4.29. The zero-order valence-corrected chi connectivity index (χ0v) is 16.1. The van der Waals surface area contributed by atoms with Crippen LogP contribution >= 0.6 is 11.3 Å². The molecule has 0 aromatic carbocycles. The quantitative estimate of drug-likeness (QED) is 0.490. The number of H-pyrrole nitrogens is 1. The lowest BCUT2D eigenvalue weighted by Crippen LogP contribution is -2.25. The summed E-state index contributed by atoms with van der Waals surface area (Å²) in [6.45, 7) is 1.56. The number of aryl methyl sites for hydroxylation is 2. The van der Waals surface area contributed by atoms with Crippen molar-refractivity contribution in [2.24, 2.45) is 0 Å². The lowest BCUT2D eigenvalue weighted by Gasteiger charge is -2.04. The molecule has 3 rings (SSSR count). The summed E-state index contributed by atoms with van der Waals surface area (Å²) in [6.07, 6.45) is -3.54. The number of nitrogen functional groups attached to an aromatic ring is 1. The highest BCUT2D eigenvalue weighted by molar-refractivity contribution is 7.89. The second kappa shape index (κ2) is 7.56. The SMILES string of the molecule is Cc1oc(-c2cc(C(F)(F)F)[nH]n2)cc1S(=O)(=O)NCCCc1csc(N)n1. The number of furan rings is 1. The first-order valence-electron chi connectivity index (χ1n) is 7.99. The highest BCUT2D eigenvalue weighted by atomic mass is 32.2. The third-order valence-electron chi connectivity index (χ3n) is 3.77. The number of thiazole rings is 1. The number of nitrogens with one attached hydrogen (secondary N) is 2.